The van der Waals surface area contributed by atoms with Crippen LogP contribution in [0.25, 0.3) is 0 Å². The summed E-state index contributed by atoms with van der Waals surface area (Å²) in [7, 11) is 0. The number of aryl methyl sites for hydroxylation is 1. The Balaban J connectivity index is 1.89. The number of nitrogens with two attached hydrogens (primary N) is 1. The zero-order valence-corrected chi connectivity index (χ0v) is 13.1. The molecule has 1 aromatic heterocycles. The van der Waals surface area contributed by atoms with Crippen molar-refractivity contribution in [3.8, 4) is 11.8 Å². The number of nitrogens with zero attached hydrogens (tertiary/aromatic N) is 1. The van der Waals surface area contributed by atoms with Crippen molar-refractivity contribution in [1.82, 2.24) is 0 Å². The molecule has 1 atom stereocenters. The Hall–Kier alpha value is -1.76. The van der Waals surface area contributed by atoms with Gasteiger partial charge in [0.25, 0.3) is 0 Å². The van der Waals surface area contributed by atoms with Crippen molar-refractivity contribution in [1.29, 1.82) is 0 Å². The molecule has 1 aliphatic rings. The largest absolute Gasteiger partial charge is 0.363 e. The van der Waals surface area contributed by atoms with Gasteiger partial charge in [-0.1, -0.05) is 30.0 Å². The molecule has 0 radical (unpaired) electrons. The van der Waals surface area contributed by atoms with E-state index in [-0.39, 0.29) is 0 Å². The van der Waals surface area contributed by atoms with Crippen molar-refractivity contribution in [2.45, 2.75) is 32.4 Å². The van der Waals surface area contributed by atoms with Crippen LogP contribution in [-0.4, -0.2) is 12.6 Å². The van der Waals surface area contributed by atoms with E-state index in [0.717, 1.165) is 12.1 Å². The summed E-state index contributed by atoms with van der Waals surface area (Å²) in [6.07, 6.45) is 2.39. The van der Waals surface area contributed by atoms with Gasteiger partial charge in [-0.3, -0.25) is 0 Å². The van der Waals surface area contributed by atoms with Crippen LogP contribution in [0.4, 0.5) is 5.69 Å². The number of anilines is 1. The molecule has 1 unspecified atom stereocenters. The van der Waals surface area contributed by atoms with Gasteiger partial charge in [0.1, 0.15) is 0 Å². The molecule has 21 heavy (non-hydrogen) atoms. The highest BCUT2D eigenvalue weighted by molar-refractivity contribution is 7.10. The topological polar surface area (TPSA) is 29.3 Å². The van der Waals surface area contributed by atoms with E-state index in [1.807, 2.05) is 0 Å². The van der Waals surface area contributed by atoms with E-state index in [0.29, 0.717) is 12.6 Å². The minimum absolute atomic E-state index is 0.415. The minimum Gasteiger partial charge on any atom is -0.363 e. The van der Waals surface area contributed by atoms with Gasteiger partial charge in [0.05, 0.1) is 13.1 Å². The molecule has 0 spiro atoms. The van der Waals surface area contributed by atoms with Crippen molar-refractivity contribution in [3.05, 3.63) is 51.7 Å². The predicted molar refractivity (Wildman–Crippen MR) is 90.7 cm³/mol. The molecule has 108 valence electrons. The van der Waals surface area contributed by atoms with Gasteiger partial charge in [0.2, 0.25) is 0 Å². The van der Waals surface area contributed by atoms with Gasteiger partial charge in [-0.05, 0) is 42.8 Å². The zero-order valence-electron chi connectivity index (χ0n) is 12.3. The van der Waals surface area contributed by atoms with E-state index < -0.39 is 0 Å². The lowest BCUT2D eigenvalue weighted by atomic mass is 9.96. The molecule has 0 aliphatic carbocycles. The molecule has 2 N–H and O–H groups in total. The fraction of sp³-hybridized carbons (Fsp3) is 0.333. The molecule has 3 rings (SSSR count). The summed E-state index contributed by atoms with van der Waals surface area (Å²) in [5, 5.41) is 2.12. The van der Waals surface area contributed by atoms with Gasteiger partial charge in [-0.25, -0.2) is 0 Å². The Morgan fingerprint density at radius 1 is 1.33 bits per heavy atom. The lowest BCUT2D eigenvalue weighted by molar-refractivity contribution is 0.562. The van der Waals surface area contributed by atoms with Crippen LogP contribution in [0.2, 0.25) is 0 Å². The molecule has 0 saturated carbocycles. The summed E-state index contributed by atoms with van der Waals surface area (Å²) in [6, 6.07) is 11.4. The molecule has 2 heterocycles. The van der Waals surface area contributed by atoms with E-state index in [1.54, 1.807) is 11.3 Å². The van der Waals surface area contributed by atoms with E-state index in [4.69, 9.17) is 5.73 Å². The van der Waals surface area contributed by atoms with Gasteiger partial charge in [0, 0.05) is 22.2 Å². The second kappa shape index (κ2) is 6.34. The molecule has 0 saturated heterocycles. The Bertz CT molecular complexity index is 678. The first kappa shape index (κ1) is 14.2. The summed E-state index contributed by atoms with van der Waals surface area (Å²) < 4.78 is 0. The van der Waals surface area contributed by atoms with Crippen LogP contribution in [0.1, 0.15) is 29.3 Å². The summed E-state index contributed by atoms with van der Waals surface area (Å²) in [5.74, 6) is 6.15. The maximum absolute atomic E-state index is 5.48. The van der Waals surface area contributed by atoms with Gasteiger partial charge < -0.3 is 10.6 Å². The Morgan fingerprint density at radius 3 is 3.05 bits per heavy atom. The van der Waals surface area contributed by atoms with Crippen molar-refractivity contribution < 1.29 is 0 Å². The van der Waals surface area contributed by atoms with Gasteiger partial charge in [-0.2, -0.15) is 0 Å². The van der Waals surface area contributed by atoms with E-state index in [1.165, 1.54) is 29.0 Å². The number of para-hydroxylation sites is 1. The van der Waals surface area contributed by atoms with Crippen LogP contribution in [0.3, 0.4) is 0 Å². The van der Waals surface area contributed by atoms with E-state index in [2.05, 4.69) is 59.4 Å². The van der Waals surface area contributed by atoms with Crippen LogP contribution in [-0.2, 0) is 13.0 Å². The zero-order chi connectivity index (χ0) is 14.7. The predicted octanol–water partition coefficient (Wildman–Crippen LogP) is 3.40. The SMILES string of the molecule is CC1CCc2ccccc2N1Cc1sccc1C#CCN. The lowest BCUT2D eigenvalue weighted by Crippen LogP contribution is -2.36. The third-order valence-electron chi connectivity index (χ3n) is 4.05. The minimum atomic E-state index is 0.415. The van der Waals surface area contributed by atoms with Crippen LogP contribution >= 0.6 is 11.3 Å². The van der Waals surface area contributed by atoms with Gasteiger partial charge in [-0.15, -0.1) is 11.3 Å². The highest BCUT2D eigenvalue weighted by atomic mass is 32.1. The summed E-state index contributed by atoms with van der Waals surface area (Å²) in [4.78, 5) is 3.85. The highest BCUT2D eigenvalue weighted by Crippen LogP contribution is 2.33. The second-order valence-electron chi connectivity index (χ2n) is 5.41. The Morgan fingerprint density at radius 2 is 2.19 bits per heavy atom. The van der Waals surface area contributed by atoms with Gasteiger partial charge >= 0.3 is 0 Å². The quantitative estimate of drug-likeness (QED) is 0.861. The standard InChI is InChI=1S/C18H20N2S/c1-14-8-9-15-5-2-3-7-17(15)20(14)13-18-16(6-4-11-19)10-12-21-18/h2-3,5,7,10,12,14H,8-9,11,13,19H2,1H3. The maximum atomic E-state index is 5.48. The normalized spacial score (nSPS) is 17.0. The van der Waals surface area contributed by atoms with Crippen LogP contribution in [0.15, 0.2) is 35.7 Å². The number of thiophene rings is 1. The number of hydrogen-bond acceptors (Lipinski definition) is 3. The molecule has 1 aliphatic heterocycles. The summed E-state index contributed by atoms with van der Waals surface area (Å²) in [6.45, 7) is 3.66. The van der Waals surface area contributed by atoms with Crippen molar-refractivity contribution in [2.75, 3.05) is 11.4 Å². The molecule has 0 amide bonds. The molecule has 3 heteroatoms. The fourth-order valence-electron chi connectivity index (χ4n) is 2.88. The Labute approximate surface area is 130 Å². The average molecular weight is 296 g/mol. The first-order chi connectivity index (χ1) is 10.3. The number of rotatable bonds is 2. The summed E-state index contributed by atoms with van der Waals surface area (Å²) >= 11 is 1.79. The summed E-state index contributed by atoms with van der Waals surface area (Å²) in [5.41, 5.74) is 9.45. The third kappa shape index (κ3) is 2.97. The molecular weight excluding hydrogens is 276 g/mol. The highest BCUT2D eigenvalue weighted by Gasteiger charge is 2.23. The lowest BCUT2D eigenvalue weighted by Gasteiger charge is -2.37. The fourth-order valence-corrected chi connectivity index (χ4v) is 3.70. The first-order valence-electron chi connectivity index (χ1n) is 7.39. The van der Waals surface area contributed by atoms with E-state index >= 15 is 0 Å². The van der Waals surface area contributed by atoms with Crippen LogP contribution in [0, 0.1) is 11.8 Å². The van der Waals surface area contributed by atoms with Crippen LogP contribution < -0.4 is 10.6 Å². The molecule has 2 aromatic rings. The molecule has 0 fully saturated rings. The number of fused-ring (bicyclic) bond motifs is 1. The van der Waals surface area contributed by atoms with Crippen LogP contribution in [0.5, 0.6) is 0 Å². The second-order valence-corrected chi connectivity index (χ2v) is 6.41. The van der Waals surface area contributed by atoms with Crippen molar-refractivity contribution >= 4 is 17.0 Å². The molecule has 0 bridgehead atoms. The average Bonchev–Trinajstić information content (AvgIpc) is 2.95. The third-order valence-corrected chi connectivity index (χ3v) is 4.95. The number of benzene rings is 1. The van der Waals surface area contributed by atoms with Crippen molar-refractivity contribution in [2.24, 2.45) is 5.73 Å². The smallest absolute Gasteiger partial charge is 0.0555 e. The molecule has 2 nitrogen and oxygen atoms in total. The maximum Gasteiger partial charge on any atom is 0.0555 e. The van der Waals surface area contributed by atoms with Gasteiger partial charge in [0.15, 0.2) is 0 Å². The Kier molecular flexibility index (Phi) is 4.28. The monoisotopic (exact) mass is 296 g/mol. The van der Waals surface area contributed by atoms with E-state index in [9.17, 15) is 0 Å². The van der Waals surface area contributed by atoms with Crippen molar-refractivity contribution in [3.63, 3.8) is 0 Å². The first-order valence-corrected chi connectivity index (χ1v) is 8.27. The molecular formula is C18H20N2S. The number of hydrogen-bond donors (Lipinski definition) is 1. The molecule has 1 aromatic carbocycles.